The molecule has 1 fully saturated rings. The van der Waals surface area contributed by atoms with Gasteiger partial charge in [0.25, 0.3) is 5.91 Å². The Balaban J connectivity index is 2.30. The number of nitrogens with zero attached hydrogens (tertiary/aromatic N) is 1. The summed E-state index contributed by atoms with van der Waals surface area (Å²) in [5, 5.41) is 9.02. The molecule has 8 heteroatoms. The highest BCUT2D eigenvalue weighted by Crippen LogP contribution is 2.24. The Hall–Kier alpha value is -1.93. The van der Waals surface area contributed by atoms with Gasteiger partial charge in [-0.25, -0.2) is 13.1 Å². The zero-order chi connectivity index (χ0) is 18.1. The molecule has 1 saturated heterocycles. The van der Waals surface area contributed by atoms with Gasteiger partial charge >= 0.3 is 5.97 Å². The van der Waals surface area contributed by atoms with Crippen LogP contribution in [0.25, 0.3) is 0 Å². The predicted octanol–water partition coefficient (Wildman–Crippen LogP) is 1.15. The van der Waals surface area contributed by atoms with Gasteiger partial charge in [-0.1, -0.05) is 0 Å². The van der Waals surface area contributed by atoms with E-state index in [0.29, 0.717) is 37.1 Å². The van der Waals surface area contributed by atoms with Crippen LogP contribution in [-0.2, 0) is 14.8 Å². The van der Waals surface area contributed by atoms with Crippen LogP contribution >= 0.6 is 0 Å². The number of amides is 1. The van der Waals surface area contributed by atoms with E-state index in [0.717, 1.165) is 5.56 Å². The van der Waals surface area contributed by atoms with Crippen LogP contribution in [0.3, 0.4) is 0 Å². The molecule has 132 valence electrons. The van der Waals surface area contributed by atoms with E-state index >= 15 is 0 Å². The van der Waals surface area contributed by atoms with Gasteiger partial charge < -0.3 is 10.0 Å². The molecular formula is C16H22N2O5S. The number of carboxylic acids is 1. The van der Waals surface area contributed by atoms with E-state index in [1.807, 2.05) is 0 Å². The lowest BCUT2D eigenvalue weighted by Gasteiger charge is -2.30. The minimum absolute atomic E-state index is 0.0915. The van der Waals surface area contributed by atoms with Crippen LogP contribution in [0, 0.1) is 19.8 Å². The molecule has 7 nitrogen and oxygen atoms in total. The number of carboxylic acid groups (broad SMARTS) is 1. The number of nitrogens with one attached hydrogen (secondary N) is 1. The number of likely N-dealkylation sites (tertiary alicyclic amines) is 1. The summed E-state index contributed by atoms with van der Waals surface area (Å²) in [7, 11) is -2.33. The van der Waals surface area contributed by atoms with Crippen LogP contribution in [0.4, 0.5) is 0 Å². The molecule has 0 aliphatic carbocycles. The van der Waals surface area contributed by atoms with Crippen molar-refractivity contribution in [3.63, 3.8) is 0 Å². The largest absolute Gasteiger partial charge is 0.481 e. The lowest BCUT2D eigenvalue weighted by molar-refractivity contribution is -0.143. The average Bonchev–Trinajstić information content (AvgIpc) is 2.56. The van der Waals surface area contributed by atoms with Crippen molar-refractivity contribution in [2.75, 3.05) is 20.1 Å². The standard InChI is InChI=1S/C16H22N2O5S/c1-10-8-13(9-14(11(10)2)24(22,23)17-3)15(19)18-6-4-12(5-7-18)16(20)21/h8-9,12,17H,4-7H2,1-3H3,(H,20,21). The highest BCUT2D eigenvalue weighted by molar-refractivity contribution is 7.89. The second-order valence-electron chi connectivity index (χ2n) is 6.03. The average molecular weight is 354 g/mol. The van der Waals surface area contributed by atoms with Crippen LogP contribution in [0.15, 0.2) is 17.0 Å². The Kier molecular flexibility index (Phi) is 5.29. The van der Waals surface area contributed by atoms with E-state index in [-0.39, 0.29) is 10.8 Å². The molecule has 0 atom stereocenters. The van der Waals surface area contributed by atoms with Gasteiger partial charge in [0, 0.05) is 18.7 Å². The fraction of sp³-hybridized carbons (Fsp3) is 0.500. The zero-order valence-electron chi connectivity index (χ0n) is 14.0. The molecule has 1 heterocycles. The minimum atomic E-state index is -3.66. The van der Waals surface area contributed by atoms with Gasteiger partial charge in [-0.15, -0.1) is 0 Å². The van der Waals surface area contributed by atoms with Crippen molar-refractivity contribution in [3.8, 4) is 0 Å². The second-order valence-corrected chi connectivity index (χ2v) is 7.88. The molecule has 2 rings (SSSR count). The van der Waals surface area contributed by atoms with E-state index in [9.17, 15) is 18.0 Å². The number of hydrogen-bond acceptors (Lipinski definition) is 4. The van der Waals surface area contributed by atoms with E-state index in [4.69, 9.17) is 5.11 Å². The van der Waals surface area contributed by atoms with Crippen molar-refractivity contribution < 1.29 is 23.1 Å². The molecule has 1 aliphatic rings. The molecule has 24 heavy (non-hydrogen) atoms. The number of benzene rings is 1. The number of carbonyl (C=O) groups excluding carboxylic acids is 1. The Morgan fingerprint density at radius 1 is 1.21 bits per heavy atom. The Labute approximate surface area is 141 Å². The van der Waals surface area contributed by atoms with Crippen molar-refractivity contribution in [2.45, 2.75) is 31.6 Å². The topological polar surface area (TPSA) is 104 Å². The summed E-state index contributed by atoms with van der Waals surface area (Å²) in [4.78, 5) is 25.3. The first kappa shape index (κ1) is 18.4. The number of hydrogen-bond donors (Lipinski definition) is 2. The summed E-state index contributed by atoms with van der Waals surface area (Å²) >= 11 is 0. The van der Waals surface area contributed by atoms with Crippen LogP contribution < -0.4 is 4.72 Å². The lowest BCUT2D eigenvalue weighted by atomic mass is 9.96. The summed E-state index contributed by atoms with van der Waals surface area (Å²) in [5.41, 5.74) is 1.63. The van der Waals surface area contributed by atoms with Gasteiger partial charge in [-0.05, 0) is 57.0 Å². The Bertz CT molecular complexity index is 765. The normalized spacial score (nSPS) is 16.2. The molecule has 0 aromatic heterocycles. The predicted molar refractivity (Wildman–Crippen MR) is 88.4 cm³/mol. The summed E-state index contributed by atoms with van der Waals surface area (Å²) in [6.07, 6.45) is 0.821. The van der Waals surface area contributed by atoms with Crippen molar-refractivity contribution >= 4 is 21.9 Å². The molecule has 0 saturated carbocycles. The van der Waals surface area contributed by atoms with Crippen molar-refractivity contribution in [3.05, 3.63) is 28.8 Å². The number of carbonyl (C=O) groups is 2. The number of sulfonamides is 1. The molecule has 1 aromatic carbocycles. The van der Waals surface area contributed by atoms with E-state index in [1.165, 1.54) is 13.1 Å². The number of rotatable bonds is 4. The van der Waals surface area contributed by atoms with Crippen LogP contribution in [0.1, 0.15) is 34.3 Å². The third kappa shape index (κ3) is 3.59. The quantitative estimate of drug-likeness (QED) is 0.844. The van der Waals surface area contributed by atoms with Crippen LogP contribution in [-0.4, -0.2) is 50.4 Å². The van der Waals surface area contributed by atoms with E-state index < -0.39 is 21.9 Å². The molecule has 1 amide bonds. The number of aryl methyl sites for hydroxylation is 1. The van der Waals surface area contributed by atoms with Crippen molar-refractivity contribution in [2.24, 2.45) is 5.92 Å². The third-order valence-electron chi connectivity index (χ3n) is 4.56. The smallest absolute Gasteiger partial charge is 0.306 e. The van der Waals surface area contributed by atoms with E-state index in [2.05, 4.69) is 4.72 Å². The monoisotopic (exact) mass is 354 g/mol. The number of aliphatic carboxylic acids is 1. The SMILES string of the molecule is CNS(=O)(=O)c1cc(C(=O)N2CCC(C(=O)O)CC2)cc(C)c1C. The third-order valence-corrected chi connectivity index (χ3v) is 6.10. The first-order valence-corrected chi connectivity index (χ1v) is 9.22. The van der Waals surface area contributed by atoms with Crippen LogP contribution in [0.5, 0.6) is 0 Å². The Morgan fingerprint density at radius 2 is 1.79 bits per heavy atom. The first-order valence-electron chi connectivity index (χ1n) is 7.74. The maximum atomic E-state index is 12.7. The van der Waals surface area contributed by atoms with Gasteiger partial charge in [-0.3, -0.25) is 9.59 Å². The van der Waals surface area contributed by atoms with Gasteiger partial charge in [0.2, 0.25) is 10.0 Å². The maximum Gasteiger partial charge on any atom is 0.306 e. The van der Waals surface area contributed by atoms with Crippen LogP contribution in [0.2, 0.25) is 0 Å². The molecule has 0 unspecified atom stereocenters. The maximum absolute atomic E-state index is 12.7. The van der Waals surface area contributed by atoms with Gasteiger partial charge in [-0.2, -0.15) is 0 Å². The fourth-order valence-electron chi connectivity index (χ4n) is 2.85. The van der Waals surface area contributed by atoms with Crippen molar-refractivity contribution in [1.82, 2.24) is 9.62 Å². The molecular weight excluding hydrogens is 332 g/mol. The summed E-state index contributed by atoms with van der Waals surface area (Å²) in [5.74, 6) is -1.53. The zero-order valence-corrected chi connectivity index (χ0v) is 14.8. The highest BCUT2D eigenvalue weighted by Gasteiger charge is 2.28. The summed E-state index contributed by atoms with van der Waals surface area (Å²) < 4.78 is 26.6. The molecule has 1 aliphatic heterocycles. The molecule has 0 radical (unpaired) electrons. The number of piperidine rings is 1. The highest BCUT2D eigenvalue weighted by atomic mass is 32.2. The summed E-state index contributed by atoms with van der Waals surface area (Å²) in [6.45, 7) is 4.18. The molecule has 0 spiro atoms. The molecule has 0 bridgehead atoms. The van der Waals surface area contributed by atoms with Gasteiger partial charge in [0.1, 0.15) is 0 Å². The van der Waals surface area contributed by atoms with Gasteiger partial charge in [0.15, 0.2) is 0 Å². The molecule has 2 N–H and O–H groups in total. The summed E-state index contributed by atoms with van der Waals surface area (Å²) in [6, 6.07) is 3.06. The molecule has 1 aromatic rings. The first-order chi connectivity index (χ1) is 11.2. The fourth-order valence-corrected chi connectivity index (χ4v) is 3.92. The minimum Gasteiger partial charge on any atom is -0.481 e. The lowest BCUT2D eigenvalue weighted by Crippen LogP contribution is -2.40. The van der Waals surface area contributed by atoms with Crippen molar-refractivity contribution in [1.29, 1.82) is 0 Å². The second kappa shape index (κ2) is 6.90. The van der Waals surface area contributed by atoms with E-state index in [1.54, 1.807) is 24.8 Å². The Morgan fingerprint density at radius 3 is 2.29 bits per heavy atom. The van der Waals surface area contributed by atoms with Gasteiger partial charge in [0.05, 0.1) is 10.8 Å².